The summed E-state index contributed by atoms with van der Waals surface area (Å²) < 4.78 is 13.4. The number of nitriles is 1. The Morgan fingerprint density at radius 3 is 3.00 bits per heavy atom. The monoisotopic (exact) mass is 152 g/mol. The second-order valence-corrected chi connectivity index (χ2v) is 1.97. The van der Waals surface area contributed by atoms with Crippen LogP contribution >= 0.6 is 0 Å². The van der Waals surface area contributed by atoms with E-state index < -0.39 is 5.82 Å². The van der Waals surface area contributed by atoms with Crippen molar-refractivity contribution in [3.63, 3.8) is 0 Å². The van der Waals surface area contributed by atoms with E-state index in [1.165, 1.54) is 0 Å². The molecule has 0 amide bonds. The third-order valence-corrected chi connectivity index (χ3v) is 1.19. The van der Waals surface area contributed by atoms with Gasteiger partial charge in [-0.2, -0.15) is 5.26 Å². The van der Waals surface area contributed by atoms with Crippen molar-refractivity contribution in [2.45, 2.75) is 6.54 Å². The van der Waals surface area contributed by atoms with E-state index in [0.29, 0.717) is 0 Å². The number of halogens is 1. The Hall–Kier alpha value is -1.63. The number of pyridine rings is 1. The summed E-state index contributed by atoms with van der Waals surface area (Å²) >= 11 is 0. The largest absolute Gasteiger partial charge is 0.299 e. The molecule has 0 bridgehead atoms. The summed E-state index contributed by atoms with van der Waals surface area (Å²) in [5.74, 6) is -0.514. The van der Waals surface area contributed by atoms with Gasteiger partial charge in [-0.3, -0.25) is 9.36 Å². The van der Waals surface area contributed by atoms with Gasteiger partial charge in [0.05, 0.1) is 6.07 Å². The smallest absolute Gasteiger partial charge is 0.251 e. The Labute approximate surface area is 62.3 Å². The van der Waals surface area contributed by atoms with E-state index in [0.717, 1.165) is 22.9 Å². The minimum absolute atomic E-state index is 0.114. The Morgan fingerprint density at radius 2 is 2.36 bits per heavy atom. The summed E-state index contributed by atoms with van der Waals surface area (Å²) in [7, 11) is 0. The number of hydrogen-bond donors (Lipinski definition) is 0. The van der Waals surface area contributed by atoms with Gasteiger partial charge in [-0.25, -0.2) is 4.39 Å². The lowest BCUT2D eigenvalue weighted by Crippen LogP contribution is -2.17. The molecule has 0 aliphatic heterocycles. The summed E-state index contributed by atoms with van der Waals surface area (Å²) in [5.41, 5.74) is -0.368. The average molecular weight is 152 g/mol. The van der Waals surface area contributed by atoms with Crippen LogP contribution in [-0.2, 0) is 6.54 Å². The molecule has 1 aromatic rings. The van der Waals surface area contributed by atoms with Crippen LogP contribution in [0.4, 0.5) is 4.39 Å². The maximum absolute atomic E-state index is 12.4. The average Bonchev–Trinajstić information content (AvgIpc) is 1.98. The Bertz CT molecular complexity index is 350. The zero-order chi connectivity index (χ0) is 8.27. The van der Waals surface area contributed by atoms with Gasteiger partial charge in [0, 0.05) is 12.3 Å². The normalized spacial score (nSPS) is 9.09. The lowest BCUT2D eigenvalue weighted by Gasteiger charge is -1.96. The van der Waals surface area contributed by atoms with E-state index in [9.17, 15) is 9.18 Å². The molecular weight excluding hydrogens is 147 g/mol. The molecule has 0 aliphatic carbocycles. The standard InChI is InChI=1S/C7H5FN2O/c8-6-1-2-7(11)10(5-6)4-3-9/h1-2,5H,4H2. The summed E-state index contributed by atoms with van der Waals surface area (Å²) in [6.45, 7) is -0.114. The van der Waals surface area contributed by atoms with Crippen molar-refractivity contribution in [1.82, 2.24) is 4.57 Å². The molecule has 56 valence electrons. The fraction of sp³-hybridized carbons (Fsp3) is 0.143. The molecule has 0 N–H and O–H groups in total. The first-order valence-electron chi connectivity index (χ1n) is 2.97. The van der Waals surface area contributed by atoms with E-state index in [1.807, 2.05) is 0 Å². The summed E-state index contributed by atoms with van der Waals surface area (Å²) in [6.07, 6.45) is 1.01. The molecule has 1 heterocycles. The molecule has 0 radical (unpaired) electrons. The molecule has 0 saturated heterocycles. The molecule has 1 aromatic heterocycles. The van der Waals surface area contributed by atoms with Crippen LogP contribution < -0.4 is 5.56 Å². The highest BCUT2D eigenvalue weighted by Gasteiger charge is 1.95. The fourth-order valence-electron chi connectivity index (χ4n) is 0.702. The van der Waals surface area contributed by atoms with Crippen molar-refractivity contribution in [1.29, 1.82) is 5.26 Å². The third kappa shape index (κ3) is 1.64. The van der Waals surface area contributed by atoms with Crippen LogP contribution in [0.1, 0.15) is 0 Å². The van der Waals surface area contributed by atoms with E-state index in [1.54, 1.807) is 6.07 Å². The predicted molar refractivity (Wildman–Crippen MR) is 36.3 cm³/mol. The first-order chi connectivity index (χ1) is 5.24. The Balaban J connectivity index is 3.15. The number of rotatable bonds is 1. The van der Waals surface area contributed by atoms with Gasteiger partial charge in [0.1, 0.15) is 12.4 Å². The van der Waals surface area contributed by atoms with Gasteiger partial charge in [-0.05, 0) is 6.07 Å². The van der Waals surface area contributed by atoms with Crippen LogP contribution in [0.2, 0.25) is 0 Å². The van der Waals surface area contributed by atoms with Gasteiger partial charge in [0.15, 0.2) is 0 Å². The molecule has 0 unspecified atom stereocenters. The second kappa shape index (κ2) is 2.97. The SMILES string of the molecule is N#CCn1cc(F)ccc1=O. The van der Waals surface area contributed by atoms with Crippen LogP contribution in [0, 0.1) is 17.1 Å². The summed E-state index contributed by atoms with van der Waals surface area (Å²) in [4.78, 5) is 10.8. The molecule has 11 heavy (non-hydrogen) atoms. The quantitative estimate of drug-likeness (QED) is 0.588. The molecule has 1 rings (SSSR count). The van der Waals surface area contributed by atoms with Crippen LogP contribution in [0.25, 0.3) is 0 Å². The van der Waals surface area contributed by atoms with Gasteiger partial charge in [-0.15, -0.1) is 0 Å². The zero-order valence-corrected chi connectivity index (χ0v) is 5.62. The van der Waals surface area contributed by atoms with E-state index >= 15 is 0 Å². The lowest BCUT2D eigenvalue weighted by atomic mass is 10.4. The maximum Gasteiger partial charge on any atom is 0.251 e. The van der Waals surface area contributed by atoms with E-state index in [-0.39, 0.29) is 12.1 Å². The number of aromatic nitrogens is 1. The fourth-order valence-corrected chi connectivity index (χ4v) is 0.702. The summed E-state index contributed by atoms with van der Waals surface area (Å²) in [5, 5.41) is 8.20. The molecule has 0 saturated carbocycles. The van der Waals surface area contributed by atoms with E-state index in [2.05, 4.69) is 0 Å². The van der Waals surface area contributed by atoms with Crippen LogP contribution in [0.3, 0.4) is 0 Å². The van der Waals surface area contributed by atoms with Crippen LogP contribution in [-0.4, -0.2) is 4.57 Å². The molecule has 0 aliphatic rings. The van der Waals surface area contributed by atoms with Gasteiger partial charge >= 0.3 is 0 Å². The number of nitrogens with zero attached hydrogens (tertiary/aromatic N) is 2. The molecule has 0 aromatic carbocycles. The molecule has 4 heteroatoms. The van der Waals surface area contributed by atoms with Crippen LogP contribution in [0.5, 0.6) is 0 Å². The molecule has 0 spiro atoms. The Kier molecular flexibility index (Phi) is 2.02. The third-order valence-electron chi connectivity index (χ3n) is 1.19. The maximum atomic E-state index is 12.4. The second-order valence-electron chi connectivity index (χ2n) is 1.97. The minimum Gasteiger partial charge on any atom is -0.299 e. The van der Waals surface area contributed by atoms with E-state index in [4.69, 9.17) is 5.26 Å². The van der Waals surface area contributed by atoms with Gasteiger partial charge < -0.3 is 0 Å². The molecule has 0 atom stereocenters. The van der Waals surface area contributed by atoms with Crippen LogP contribution in [0.15, 0.2) is 23.1 Å². The number of hydrogen-bond acceptors (Lipinski definition) is 2. The molecule has 3 nitrogen and oxygen atoms in total. The highest BCUT2D eigenvalue weighted by Crippen LogP contribution is 1.90. The lowest BCUT2D eigenvalue weighted by molar-refractivity contribution is 0.599. The molecular formula is C7H5FN2O. The highest BCUT2D eigenvalue weighted by molar-refractivity contribution is 4.97. The van der Waals surface area contributed by atoms with Crippen molar-refractivity contribution < 1.29 is 4.39 Å². The minimum atomic E-state index is -0.514. The van der Waals surface area contributed by atoms with Crippen molar-refractivity contribution >= 4 is 0 Å². The molecule has 0 fully saturated rings. The summed E-state index contributed by atoms with van der Waals surface area (Å²) in [6, 6.07) is 3.90. The van der Waals surface area contributed by atoms with Crippen molar-refractivity contribution in [3.05, 3.63) is 34.5 Å². The topological polar surface area (TPSA) is 45.8 Å². The Morgan fingerprint density at radius 1 is 1.64 bits per heavy atom. The van der Waals surface area contributed by atoms with Gasteiger partial charge in [0.25, 0.3) is 5.56 Å². The van der Waals surface area contributed by atoms with Gasteiger partial charge in [0.2, 0.25) is 0 Å². The first kappa shape index (κ1) is 7.48. The van der Waals surface area contributed by atoms with Crippen molar-refractivity contribution in [2.24, 2.45) is 0 Å². The highest BCUT2D eigenvalue weighted by atomic mass is 19.1. The predicted octanol–water partition coefficient (Wildman–Crippen LogP) is 0.511. The van der Waals surface area contributed by atoms with Crippen molar-refractivity contribution in [3.8, 4) is 6.07 Å². The van der Waals surface area contributed by atoms with Crippen molar-refractivity contribution in [2.75, 3.05) is 0 Å². The zero-order valence-electron chi connectivity index (χ0n) is 5.62. The first-order valence-corrected chi connectivity index (χ1v) is 2.97. The van der Waals surface area contributed by atoms with Gasteiger partial charge in [-0.1, -0.05) is 0 Å².